The van der Waals surface area contributed by atoms with E-state index in [2.05, 4.69) is 28.3 Å². The minimum atomic E-state index is -0.911. The molecular formula is C12H27N2O2P. The normalized spacial score (nSPS) is 20.4. The van der Waals surface area contributed by atoms with Gasteiger partial charge in [0.05, 0.1) is 0 Å². The zero-order valence-electron chi connectivity index (χ0n) is 11.4. The lowest BCUT2D eigenvalue weighted by Gasteiger charge is -2.40. The number of nitrogens with two attached hydrogens (primary N) is 1. The molecule has 0 radical (unpaired) electrons. The van der Waals surface area contributed by atoms with Gasteiger partial charge in [-0.15, -0.1) is 0 Å². The molecule has 4 unspecified atom stereocenters. The van der Waals surface area contributed by atoms with Gasteiger partial charge in [0.15, 0.2) is 0 Å². The van der Waals surface area contributed by atoms with Gasteiger partial charge < -0.3 is 15.9 Å². The molecule has 0 saturated carbocycles. The van der Waals surface area contributed by atoms with E-state index in [0.717, 1.165) is 25.8 Å². The molecule has 4 atom stereocenters. The van der Waals surface area contributed by atoms with Crippen LogP contribution in [0.2, 0.25) is 0 Å². The molecule has 4 N–H and O–H groups in total. The minimum Gasteiger partial charge on any atom is -0.480 e. The first-order chi connectivity index (χ1) is 7.74. The molecule has 17 heavy (non-hydrogen) atoms. The van der Waals surface area contributed by atoms with Crippen LogP contribution in [-0.2, 0) is 4.79 Å². The zero-order chi connectivity index (χ0) is 13.7. The molecule has 0 bridgehead atoms. The molecule has 0 aliphatic carbocycles. The molecule has 0 heterocycles. The zero-order valence-corrected chi connectivity index (χ0v) is 12.6. The Kier molecular flexibility index (Phi) is 6.60. The van der Waals surface area contributed by atoms with Crippen molar-refractivity contribution < 1.29 is 9.90 Å². The third kappa shape index (κ3) is 4.53. The number of aliphatic carboxylic acids is 1. The molecule has 102 valence electrons. The highest BCUT2D eigenvalue weighted by molar-refractivity contribution is 7.13. The number of nitrogens with one attached hydrogen (secondary N) is 1. The lowest BCUT2D eigenvalue weighted by molar-refractivity contribution is -0.142. The Morgan fingerprint density at radius 1 is 1.41 bits per heavy atom. The first-order valence-corrected chi connectivity index (χ1v) is 6.74. The van der Waals surface area contributed by atoms with Gasteiger partial charge in [-0.1, -0.05) is 37.1 Å². The Bertz CT molecular complexity index is 263. The van der Waals surface area contributed by atoms with Crippen LogP contribution in [0, 0.1) is 10.8 Å². The summed E-state index contributed by atoms with van der Waals surface area (Å²) < 4.78 is 0. The fraction of sp³-hybridized carbons (Fsp3) is 0.917. The Labute approximate surface area is 107 Å². The van der Waals surface area contributed by atoms with Crippen molar-refractivity contribution in [1.29, 1.82) is 0 Å². The fourth-order valence-electron chi connectivity index (χ4n) is 2.29. The minimum absolute atomic E-state index is 0.0690. The molecule has 0 amide bonds. The van der Waals surface area contributed by atoms with Gasteiger partial charge in [-0.05, 0) is 30.1 Å². The maximum absolute atomic E-state index is 11.1. The highest BCUT2D eigenvalue weighted by atomic mass is 31.0. The highest BCUT2D eigenvalue weighted by Gasteiger charge is 2.40. The molecule has 0 spiro atoms. The van der Waals surface area contributed by atoms with E-state index >= 15 is 0 Å². The molecule has 0 aromatic heterocycles. The molecule has 0 fully saturated rings. The third-order valence-corrected chi connectivity index (χ3v) is 4.24. The van der Waals surface area contributed by atoms with E-state index in [1.54, 1.807) is 0 Å². The smallest absolute Gasteiger partial charge is 0.321 e. The summed E-state index contributed by atoms with van der Waals surface area (Å²) in [6, 6.07) is -0.803. The predicted octanol–water partition coefficient (Wildman–Crippen LogP) is 2.00. The Morgan fingerprint density at radius 2 is 1.94 bits per heavy atom. The molecule has 0 saturated heterocycles. The number of carbonyl (C=O) groups is 1. The maximum atomic E-state index is 11.1. The van der Waals surface area contributed by atoms with Gasteiger partial charge in [-0.25, -0.2) is 0 Å². The van der Waals surface area contributed by atoms with Crippen LogP contribution < -0.4 is 10.8 Å². The van der Waals surface area contributed by atoms with E-state index in [0.29, 0.717) is 0 Å². The van der Waals surface area contributed by atoms with Gasteiger partial charge in [0.1, 0.15) is 6.04 Å². The number of hydrogen-bond acceptors (Lipinski definition) is 3. The van der Waals surface area contributed by atoms with Crippen LogP contribution in [0.3, 0.4) is 0 Å². The van der Waals surface area contributed by atoms with Crippen molar-refractivity contribution >= 4 is 15.4 Å². The largest absolute Gasteiger partial charge is 0.480 e. The van der Waals surface area contributed by atoms with Crippen LogP contribution in [0.1, 0.15) is 47.0 Å². The summed E-state index contributed by atoms with van der Waals surface area (Å²) in [7, 11) is 2.50. The standard InChI is InChI=1S/C12H27N2O2P/c1-5-11(3,8-14-17)7-12(4,6-2)9(13)10(15)16/h9,14H,5-8,13,17H2,1-4H3,(H,15,16). The first-order valence-electron chi connectivity index (χ1n) is 6.16. The van der Waals surface area contributed by atoms with Crippen LogP contribution in [0.15, 0.2) is 0 Å². The summed E-state index contributed by atoms with van der Waals surface area (Å²) in [5.41, 5.74) is 5.54. The quantitative estimate of drug-likeness (QED) is 0.585. The summed E-state index contributed by atoms with van der Waals surface area (Å²) in [4.78, 5) is 11.1. The van der Waals surface area contributed by atoms with Crippen molar-refractivity contribution in [2.45, 2.75) is 53.0 Å². The maximum Gasteiger partial charge on any atom is 0.321 e. The molecule has 0 aliphatic heterocycles. The van der Waals surface area contributed by atoms with Gasteiger partial charge in [-0.3, -0.25) is 4.79 Å². The summed E-state index contributed by atoms with van der Waals surface area (Å²) in [6.07, 6.45) is 2.57. The van der Waals surface area contributed by atoms with Crippen molar-refractivity contribution in [3.8, 4) is 0 Å². The molecule has 4 nitrogen and oxygen atoms in total. The summed E-state index contributed by atoms with van der Waals surface area (Å²) in [5, 5.41) is 12.2. The van der Waals surface area contributed by atoms with E-state index in [-0.39, 0.29) is 10.8 Å². The van der Waals surface area contributed by atoms with E-state index in [1.807, 2.05) is 13.8 Å². The molecule has 0 aromatic carbocycles. The van der Waals surface area contributed by atoms with Crippen molar-refractivity contribution in [3.05, 3.63) is 0 Å². The fourth-order valence-corrected chi connectivity index (χ4v) is 2.78. The number of rotatable bonds is 8. The molecule has 0 aromatic rings. The van der Waals surface area contributed by atoms with Gasteiger partial charge >= 0.3 is 5.97 Å². The molecule has 0 aliphatic rings. The summed E-state index contributed by atoms with van der Waals surface area (Å²) >= 11 is 0. The average molecular weight is 262 g/mol. The number of carboxylic acids is 1. The lowest BCUT2D eigenvalue weighted by atomic mass is 9.67. The SMILES string of the molecule is CCC(C)(CNP)CC(C)(CC)C(N)C(=O)O. The van der Waals surface area contributed by atoms with E-state index in [1.165, 1.54) is 0 Å². The van der Waals surface area contributed by atoms with Crippen LogP contribution >= 0.6 is 9.39 Å². The van der Waals surface area contributed by atoms with E-state index in [9.17, 15) is 4.79 Å². The van der Waals surface area contributed by atoms with Gasteiger partial charge in [0.25, 0.3) is 0 Å². The van der Waals surface area contributed by atoms with Crippen LogP contribution in [-0.4, -0.2) is 23.7 Å². The Hall–Kier alpha value is -0.180. The van der Waals surface area contributed by atoms with Crippen LogP contribution in [0.4, 0.5) is 0 Å². The molecular weight excluding hydrogens is 235 g/mol. The van der Waals surface area contributed by atoms with Gasteiger partial charge in [-0.2, -0.15) is 0 Å². The van der Waals surface area contributed by atoms with Crippen molar-refractivity contribution in [2.75, 3.05) is 6.54 Å². The van der Waals surface area contributed by atoms with Crippen molar-refractivity contribution in [2.24, 2.45) is 16.6 Å². The predicted molar refractivity (Wildman–Crippen MR) is 74.7 cm³/mol. The second-order valence-electron chi connectivity index (χ2n) is 5.55. The second-order valence-corrected chi connectivity index (χ2v) is 5.95. The number of carboxylic acid groups (broad SMARTS) is 1. The molecule has 5 heteroatoms. The van der Waals surface area contributed by atoms with Crippen LogP contribution in [0.5, 0.6) is 0 Å². The monoisotopic (exact) mass is 262 g/mol. The third-order valence-electron chi connectivity index (χ3n) is 4.04. The van der Waals surface area contributed by atoms with E-state index in [4.69, 9.17) is 10.8 Å². The molecule has 0 rings (SSSR count). The number of hydrogen-bond donors (Lipinski definition) is 3. The summed E-state index contributed by atoms with van der Waals surface area (Å²) in [6.45, 7) is 9.13. The summed E-state index contributed by atoms with van der Waals surface area (Å²) in [5.74, 6) is -0.911. The highest BCUT2D eigenvalue weighted by Crippen LogP contribution is 2.40. The lowest BCUT2D eigenvalue weighted by Crippen LogP contribution is -2.48. The second kappa shape index (κ2) is 6.67. The topological polar surface area (TPSA) is 75.3 Å². The van der Waals surface area contributed by atoms with Crippen molar-refractivity contribution in [3.63, 3.8) is 0 Å². The van der Waals surface area contributed by atoms with Crippen molar-refractivity contribution in [1.82, 2.24) is 5.09 Å². The first kappa shape index (κ1) is 16.8. The van der Waals surface area contributed by atoms with Gasteiger partial charge in [0, 0.05) is 6.54 Å². The van der Waals surface area contributed by atoms with Crippen LogP contribution in [0.25, 0.3) is 0 Å². The average Bonchev–Trinajstić information content (AvgIpc) is 2.28. The van der Waals surface area contributed by atoms with Gasteiger partial charge in [0.2, 0.25) is 0 Å². The Morgan fingerprint density at radius 3 is 2.24 bits per heavy atom. The Balaban J connectivity index is 4.94. The van der Waals surface area contributed by atoms with E-state index < -0.39 is 12.0 Å².